The van der Waals surface area contributed by atoms with Gasteiger partial charge in [-0.1, -0.05) is 36.4 Å². The lowest BCUT2D eigenvalue weighted by Gasteiger charge is -2.16. The zero-order valence-electron chi connectivity index (χ0n) is 16.8. The molecule has 166 valence electrons. The number of nitrogens with one attached hydrogen (secondary N) is 1. The summed E-state index contributed by atoms with van der Waals surface area (Å²) in [5.41, 5.74) is 5.83. The van der Waals surface area contributed by atoms with Crippen molar-refractivity contribution in [1.29, 1.82) is 0 Å². The van der Waals surface area contributed by atoms with Gasteiger partial charge in [0, 0.05) is 5.56 Å². The maximum atomic E-state index is 13.4. The number of ether oxygens (including phenoxy) is 1. The number of nitrogens with zero attached hydrogens (tertiary/aromatic N) is 3. The summed E-state index contributed by atoms with van der Waals surface area (Å²) in [6.45, 7) is 0. The Morgan fingerprint density at radius 1 is 1.03 bits per heavy atom. The molecule has 2 heterocycles. The maximum absolute atomic E-state index is 13.4. The third-order valence-electron chi connectivity index (χ3n) is 4.41. The number of amides is 3. The summed E-state index contributed by atoms with van der Waals surface area (Å²) in [5, 5.41) is 7.97. The van der Waals surface area contributed by atoms with Crippen LogP contribution in [0, 0.1) is 5.82 Å². The normalized spacial score (nSPS) is 11.5. The fourth-order valence-electron chi connectivity index (χ4n) is 2.97. The monoisotopic (exact) mass is 465 g/mol. The number of rotatable bonds is 6. The minimum Gasteiger partial charge on any atom is -0.441 e. The van der Waals surface area contributed by atoms with E-state index in [0.29, 0.717) is 22.0 Å². The molecule has 1 unspecified atom stereocenters. The van der Waals surface area contributed by atoms with Gasteiger partial charge in [-0.05, 0) is 35.7 Å². The zero-order valence-corrected chi connectivity index (χ0v) is 17.7. The summed E-state index contributed by atoms with van der Waals surface area (Å²) in [5.74, 6) is -2.33. The summed E-state index contributed by atoms with van der Waals surface area (Å²) in [4.78, 5) is 41.5. The highest BCUT2D eigenvalue weighted by Gasteiger charge is 2.29. The van der Waals surface area contributed by atoms with Crippen molar-refractivity contribution in [2.24, 2.45) is 5.73 Å². The molecule has 11 heteroatoms. The van der Waals surface area contributed by atoms with Crippen LogP contribution in [0.25, 0.3) is 16.4 Å². The number of carbonyl (C=O) groups is 3. The van der Waals surface area contributed by atoms with Crippen molar-refractivity contribution < 1.29 is 23.5 Å². The highest BCUT2D eigenvalue weighted by Crippen LogP contribution is 2.27. The van der Waals surface area contributed by atoms with E-state index in [2.05, 4.69) is 10.1 Å². The summed E-state index contributed by atoms with van der Waals surface area (Å²) >= 11 is 1.37. The molecule has 0 spiro atoms. The van der Waals surface area contributed by atoms with Gasteiger partial charge >= 0.3 is 12.0 Å². The topological polar surface area (TPSA) is 129 Å². The van der Waals surface area contributed by atoms with Crippen LogP contribution in [0.15, 0.2) is 72.1 Å². The first kappa shape index (κ1) is 21.8. The fraction of sp³-hybridized carbons (Fsp3) is 0.0455. The van der Waals surface area contributed by atoms with Gasteiger partial charge in [-0.3, -0.25) is 10.1 Å². The standard InChI is InChI=1S/C22H16FN5O4S/c23-14-8-10-15(11-9-14)28-19(16-7-4-12-33-16)25-18(27-28)21(30)32-17(20(29)26-22(24)31)13-5-2-1-3-6-13/h1-12,17H,(H3,24,26,29,31). The number of aromatic nitrogens is 3. The Morgan fingerprint density at radius 2 is 1.76 bits per heavy atom. The molecule has 3 amide bonds. The van der Waals surface area contributed by atoms with Crippen LogP contribution in [0.4, 0.5) is 9.18 Å². The Hall–Kier alpha value is -4.38. The predicted octanol–water partition coefficient (Wildman–Crippen LogP) is 3.23. The van der Waals surface area contributed by atoms with Gasteiger partial charge in [-0.15, -0.1) is 16.4 Å². The number of carbonyl (C=O) groups excluding carboxylic acids is 3. The van der Waals surface area contributed by atoms with Gasteiger partial charge in [0.2, 0.25) is 6.10 Å². The molecule has 0 radical (unpaired) electrons. The molecule has 0 aliphatic rings. The first-order chi connectivity index (χ1) is 15.9. The number of hydrogen-bond acceptors (Lipinski definition) is 7. The van der Waals surface area contributed by atoms with Crippen molar-refractivity contribution in [3.05, 3.63) is 89.3 Å². The van der Waals surface area contributed by atoms with E-state index in [9.17, 15) is 18.8 Å². The second kappa shape index (κ2) is 9.40. The fourth-order valence-corrected chi connectivity index (χ4v) is 3.67. The van der Waals surface area contributed by atoms with Gasteiger partial charge in [0.1, 0.15) is 5.82 Å². The van der Waals surface area contributed by atoms with Crippen LogP contribution in [0.3, 0.4) is 0 Å². The van der Waals surface area contributed by atoms with Crippen molar-refractivity contribution in [3.8, 4) is 16.4 Å². The molecule has 0 aliphatic heterocycles. The lowest BCUT2D eigenvalue weighted by atomic mass is 10.1. The van der Waals surface area contributed by atoms with Gasteiger partial charge in [0.15, 0.2) is 5.82 Å². The summed E-state index contributed by atoms with van der Waals surface area (Å²) < 4.78 is 20.1. The maximum Gasteiger partial charge on any atom is 0.379 e. The van der Waals surface area contributed by atoms with Crippen molar-refractivity contribution >= 4 is 29.2 Å². The third-order valence-corrected chi connectivity index (χ3v) is 5.28. The third kappa shape index (κ3) is 4.93. The number of urea groups is 1. The van der Waals surface area contributed by atoms with Gasteiger partial charge < -0.3 is 10.5 Å². The smallest absolute Gasteiger partial charge is 0.379 e. The molecule has 4 aromatic rings. The molecule has 0 bridgehead atoms. The Labute approximate surface area is 190 Å². The number of halogens is 1. The predicted molar refractivity (Wildman–Crippen MR) is 117 cm³/mol. The van der Waals surface area contributed by atoms with Crippen molar-refractivity contribution in [2.45, 2.75) is 6.10 Å². The molecule has 9 nitrogen and oxygen atoms in total. The number of hydrogen-bond donors (Lipinski definition) is 2. The molecule has 0 saturated heterocycles. The Balaban J connectivity index is 1.69. The van der Waals surface area contributed by atoms with Crippen molar-refractivity contribution in [3.63, 3.8) is 0 Å². The van der Waals surface area contributed by atoms with Crippen LogP contribution in [-0.4, -0.2) is 32.7 Å². The summed E-state index contributed by atoms with van der Waals surface area (Å²) in [6.07, 6.45) is -1.46. The summed E-state index contributed by atoms with van der Waals surface area (Å²) in [7, 11) is 0. The molecule has 4 rings (SSSR count). The number of thiophene rings is 1. The first-order valence-electron chi connectivity index (χ1n) is 9.55. The Bertz CT molecular complexity index is 1290. The average Bonchev–Trinajstić information content (AvgIpc) is 3.48. The molecule has 0 saturated carbocycles. The summed E-state index contributed by atoms with van der Waals surface area (Å²) in [6, 6.07) is 16.1. The first-order valence-corrected chi connectivity index (χ1v) is 10.4. The van der Waals surface area contributed by atoms with E-state index >= 15 is 0 Å². The van der Waals surface area contributed by atoms with E-state index in [-0.39, 0.29) is 5.82 Å². The van der Waals surface area contributed by atoms with E-state index in [1.165, 1.54) is 40.3 Å². The number of imide groups is 1. The van der Waals surface area contributed by atoms with E-state index in [1.54, 1.807) is 42.5 Å². The quantitative estimate of drug-likeness (QED) is 0.421. The van der Waals surface area contributed by atoms with Crippen LogP contribution in [0.5, 0.6) is 0 Å². The van der Waals surface area contributed by atoms with Crippen LogP contribution in [0.1, 0.15) is 22.3 Å². The number of benzene rings is 2. The van der Waals surface area contributed by atoms with E-state index < -0.39 is 29.8 Å². The molecule has 33 heavy (non-hydrogen) atoms. The van der Waals surface area contributed by atoms with Gasteiger partial charge in [-0.2, -0.15) is 4.98 Å². The molecule has 2 aromatic heterocycles. The minimum atomic E-state index is -1.46. The molecule has 0 fully saturated rings. The van der Waals surface area contributed by atoms with Gasteiger partial charge in [0.25, 0.3) is 11.7 Å². The minimum absolute atomic E-state index is 0.320. The molecular weight excluding hydrogens is 449 g/mol. The van der Waals surface area contributed by atoms with Crippen molar-refractivity contribution in [1.82, 2.24) is 20.1 Å². The number of primary amides is 1. The molecule has 2 aromatic carbocycles. The SMILES string of the molecule is NC(=O)NC(=O)C(OC(=O)c1nc(-c2cccs2)n(-c2ccc(F)cc2)n1)c1ccccc1. The average molecular weight is 465 g/mol. The molecule has 3 N–H and O–H groups in total. The van der Waals surface area contributed by atoms with Crippen molar-refractivity contribution in [2.75, 3.05) is 0 Å². The Morgan fingerprint density at radius 3 is 2.39 bits per heavy atom. The molecule has 1 atom stereocenters. The van der Waals surface area contributed by atoms with E-state index in [1.807, 2.05) is 10.7 Å². The van der Waals surface area contributed by atoms with Crippen LogP contribution < -0.4 is 11.1 Å². The highest BCUT2D eigenvalue weighted by atomic mass is 32.1. The van der Waals surface area contributed by atoms with Crippen LogP contribution in [0.2, 0.25) is 0 Å². The highest BCUT2D eigenvalue weighted by molar-refractivity contribution is 7.13. The lowest BCUT2D eigenvalue weighted by molar-refractivity contribution is -0.129. The van der Waals surface area contributed by atoms with Crippen LogP contribution >= 0.6 is 11.3 Å². The van der Waals surface area contributed by atoms with E-state index in [4.69, 9.17) is 10.5 Å². The second-order valence-corrected chi connectivity index (χ2v) is 7.62. The van der Waals surface area contributed by atoms with Gasteiger partial charge in [-0.25, -0.2) is 18.7 Å². The molecular formula is C22H16FN5O4S. The largest absolute Gasteiger partial charge is 0.441 e. The molecule has 0 aliphatic carbocycles. The van der Waals surface area contributed by atoms with Crippen LogP contribution in [-0.2, 0) is 9.53 Å². The lowest BCUT2D eigenvalue weighted by Crippen LogP contribution is -2.39. The number of nitrogens with two attached hydrogens (primary N) is 1. The second-order valence-electron chi connectivity index (χ2n) is 6.67. The number of esters is 1. The Kier molecular flexibility index (Phi) is 6.22. The van der Waals surface area contributed by atoms with E-state index in [0.717, 1.165) is 0 Å². The zero-order chi connectivity index (χ0) is 23.4. The van der Waals surface area contributed by atoms with Gasteiger partial charge in [0.05, 0.1) is 10.6 Å².